The molecule has 2 saturated heterocycles. The van der Waals surface area contributed by atoms with E-state index in [1.165, 1.54) is 5.69 Å². The maximum absolute atomic E-state index is 12.9. The van der Waals surface area contributed by atoms with Gasteiger partial charge < -0.3 is 15.1 Å². The lowest BCUT2D eigenvalue weighted by atomic mass is 10.1. The van der Waals surface area contributed by atoms with Gasteiger partial charge in [0.2, 0.25) is 0 Å². The van der Waals surface area contributed by atoms with E-state index in [9.17, 15) is 4.79 Å². The third-order valence-corrected chi connectivity index (χ3v) is 5.37. The van der Waals surface area contributed by atoms with Gasteiger partial charge >= 0.3 is 0 Å². The number of benzene rings is 2. The maximum Gasteiger partial charge on any atom is 0.275 e. The summed E-state index contributed by atoms with van der Waals surface area (Å²) in [4.78, 5) is 19.3. The molecule has 2 aromatic carbocycles. The summed E-state index contributed by atoms with van der Waals surface area (Å²) >= 11 is 5.95. The van der Waals surface area contributed by atoms with Gasteiger partial charge in [0, 0.05) is 48.1 Å². The molecule has 1 amide bonds. The zero-order valence-corrected chi connectivity index (χ0v) is 16.1. The quantitative estimate of drug-likeness (QED) is 0.828. The van der Waals surface area contributed by atoms with Gasteiger partial charge in [-0.2, -0.15) is 0 Å². The van der Waals surface area contributed by atoms with Gasteiger partial charge in [-0.1, -0.05) is 29.8 Å². The summed E-state index contributed by atoms with van der Waals surface area (Å²) in [6.07, 6.45) is 1.96. The maximum atomic E-state index is 12.9. The first-order valence-electron chi connectivity index (χ1n) is 9.17. The number of piperazine rings is 1. The first-order chi connectivity index (χ1) is 13.1. The van der Waals surface area contributed by atoms with E-state index >= 15 is 0 Å². The van der Waals surface area contributed by atoms with Crippen molar-refractivity contribution in [2.24, 2.45) is 0 Å². The second-order valence-electron chi connectivity index (χ2n) is 6.95. The van der Waals surface area contributed by atoms with Crippen LogP contribution in [-0.4, -0.2) is 50.7 Å². The number of likely N-dealkylation sites (N-methyl/N-ethyl adjacent to an activating group) is 1. The molecule has 0 atom stereocenters. The normalized spacial score (nSPS) is 19.6. The molecule has 2 aliphatic rings. The average Bonchev–Trinajstić information content (AvgIpc) is 3.04. The summed E-state index contributed by atoms with van der Waals surface area (Å²) in [6, 6.07) is 15.6. The van der Waals surface area contributed by atoms with Crippen LogP contribution in [0, 0.1) is 0 Å². The fourth-order valence-electron chi connectivity index (χ4n) is 3.50. The SMILES string of the molecule is CN1CCN(c2ccccc2/C=C2/NCN(c3ccc(Cl)cc3)C2=O)CC1. The minimum Gasteiger partial charge on any atom is -0.368 e. The van der Waals surface area contributed by atoms with E-state index in [0.29, 0.717) is 17.4 Å². The lowest BCUT2D eigenvalue weighted by Gasteiger charge is -2.34. The minimum atomic E-state index is -0.0227. The molecular weight excluding hydrogens is 360 g/mol. The first kappa shape index (κ1) is 17.9. The molecule has 0 unspecified atom stereocenters. The zero-order chi connectivity index (χ0) is 18.8. The van der Waals surface area contributed by atoms with Crippen molar-refractivity contribution in [2.75, 3.05) is 49.7 Å². The molecule has 0 spiro atoms. The molecule has 5 nitrogen and oxygen atoms in total. The van der Waals surface area contributed by atoms with E-state index in [2.05, 4.69) is 40.4 Å². The lowest BCUT2D eigenvalue weighted by Crippen LogP contribution is -2.44. The number of para-hydroxylation sites is 1. The number of anilines is 2. The highest BCUT2D eigenvalue weighted by molar-refractivity contribution is 6.30. The van der Waals surface area contributed by atoms with Crippen molar-refractivity contribution in [3.05, 3.63) is 64.8 Å². The van der Waals surface area contributed by atoms with E-state index in [-0.39, 0.29) is 5.91 Å². The van der Waals surface area contributed by atoms with Crippen molar-refractivity contribution in [1.29, 1.82) is 0 Å². The molecule has 140 valence electrons. The summed E-state index contributed by atoms with van der Waals surface area (Å²) in [6.45, 7) is 4.55. The molecule has 0 aliphatic carbocycles. The number of rotatable bonds is 3. The summed E-state index contributed by atoms with van der Waals surface area (Å²) in [7, 11) is 2.15. The van der Waals surface area contributed by atoms with Crippen molar-refractivity contribution >= 4 is 35.0 Å². The number of halogens is 1. The van der Waals surface area contributed by atoms with Gasteiger partial charge in [0.15, 0.2) is 0 Å². The molecule has 2 fully saturated rings. The molecule has 27 heavy (non-hydrogen) atoms. The van der Waals surface area contributed by atoms with Crippen LogP contribution in [0.3, 0.4) is 0 Å². The first-order valence-corrected chi connectivity index (χ1v) is 9.55. The zero-order valence-electron chi connectivity index (χ0n) is 15.4. The number of nitrogens with zero attached hydrogens (tertiary/aromatic N) is 3. The van der Waals surface area contributed by atoms with Crippen molar-refractivity contribution in [2.45, 2.75) is 0 Å². The van der Waals surface area contributed by atoms with Crippen LogP contribution in [0.1, 0.15) is 5.56 Å². The highest BCUT2D eigenvalue weighted by Crippen LogP contribution is 2.27. The van der Waals surface area contributed by atoms with Gasteiger partial charge in [-0.05, 0) is 43.5 Å². The Morgan fingerprint density at radius 2 is 1.70 bits per heavy atom. The summed E-state index contributed by atoms with van der Waals surface area (Å²) in [5.41, 5.74) is 3.70. The summed E-state index contributed by atoms with van der Waals surface area (Å²) in [5.74, 6) is -0.0227. The topological polar surface area (TPSA) is 38.8 Å². The van der Waals surface area contributed by atoms with Gasteiger partial charge in [-0.25, -0.2) is 0 Å². The summed E-state index contributed by atoms with van der Waals surface area (Å²) in [5, 5.41) is 3.90. The van der Waals surface area contributed by atoms with Gasteiger partial charge in [-0.15, -0.1) is 0 Å². The second kappa shape index (κ2) is 7.62. The van der Waals surface area contributed by atoms with Crippen LogP contribution in [0.4, 0.5) is 11.4 Å². The number of carbonyl (C=O) groups excluding carboxylic acids is 1. The molecule has 0 bridgehead atoms. The fraction of sp³-hybridized carbons (Fsp3) is 0.286. The Hall–Kier alpha value is -2.50. The fourth-order valence-corrected chi connectivity index (χ4v) is 3.63. The monoisotopic (exact) mass is 382 g/mol. The third kappa shape index (κ3) is 3.80. The van der Waals surface area contributed by atoms with Gasteiger partial charge in [0.25, 0.3) is 5.91 Å². The van der Waals surface area contributed by atoms with Crippen molar-refractivity contribution < 1.29 is 4.79 Å². The van der Waals surface area contributed by atoms with Crippen LogP contribution in [-0.2, 0) is 4.79 Å². The van der Waals surface area contributed by atoms with Crippen molar-refractivity contribution in [3.63, 3.8) is 0 Å². The smallest absolute Gasteiger partial charge is 0.275 e. The lowest BCUT2D eigenvalue weighted by molar-refractivity contribution is -0.114. The molecular formula is C21H23ClN4O. The van der Waals surface area contributed by atoms with Crippen LogP contribution < -0.4 is 15.1 Å². The largest absolute Gasteiger partial charge is 0.368 e. The highest BCUT2D eigenvalue weighted by Gasteiger charge is 2.27. The van der Waals surface area contributed by atoms with E-state index in [1.54, 1.807) is 17.0 Å². The molecule has 2 heterocycles. The van der Waals surface area contributed by atoms with Crippen LogP contribution >= 0.6 is 11.6 Å². The molecule has 2 aliphatic heterocycles. The van der Waals surface area contributed by atoms with Gasteiger partial charge in [0.1, 0.15) is 5.70 Å². The average molecular weight is 383 g/mol. The van der Waals surface area contributed by atoms with Gasteiger partial charge in [-0.3, -0.25) is 9.69 Å². The Kier molecular flexibility index (Phi) is 5.05. The number of carbonyl (C=O) groups is 1. The number of amides is 1. The van der Waals surface area contributed by atoms with Crippen LogP contribution in [0.25, 0.3) is 6.08 Å². The number of nitrogens with one attached hydrogen (secondary N) is 1. The van der Waals surface area contributed by atoms with Crippen LogP contribution in [0.15, 0.2) is 54.2 Å². The van der Waals surface area contributed by atoms with Crippen molar-refractivity contribution in [3.8, 4) is 0 Å². The van der Waals surface area contributed by atoms with Crippen LogP contribution in [0.5, 0.6) is 0 Å². The molecule has 1 N–H and O–H groups in total. The predicted molar refractivity (Wildman–Crippen MR) is 111 cm³/mol. The Balaban J connectivity index is 1.57. The van der Waals surface area contributed by atoms with E-state index in [0.717, 1.165) is 37.4 Å². The standard InChI is InChI=1S/C21H23ClN4O/c1-24-10-12-25(13-11-24)20-5-3-2-4-16(20)14-19-21(27)26(15-23-19)18-8-6-17(22)7-9-18/h2-9,14,23H,10-13,15H2,1H3/b19-14+. The molecule has 0 saturated carbocycles. The number of hydrogen-bond acceptors (Lipinski definition) is 4. The minimum absolute atomic E-state index is 0.0227. The third-order valence-electron chi connectivity index (χ3n) is 5.12. The Morgan fingerprint density at radius 1 is 1.00 bits per heavy atom. The molecule has 4 rings (SSSR count). The second-order valence-corrected chi connectivity index (χ2v) is 7.39. The molecule has 0 aromatic heterocycles. The van der Waals surface area contributed by atoms with Crippen LogP contribution in [0.2, 0.25) is 5.02 Å². The molecule has 6 heteroatoms. The number of hydrogen-bond donors (Lipinski definition) is 1. The Morgan fingerprint density at radius 3 is 2.44 bits per heavy atom. The highest BCUT2D eigenvalue weighted by atomic mass is 35.5. The Labute approximate surface area is 164 Å². The molecule has 2 aromatic rings. The van der Waals surface area contributed by atoms with Crippen molar-refractivity contribution in [1.82, 2.24) is 10.2 Å². The molecule has 0 radical (unpaired) electrons. The predicted octanol–water partition coefficient (Wildman–Crippen LogP) is 3.03. The summed E-state index contributed by atoms with van der Waals surface area (Å²) < 4.78 is 0. The van der Waals surface area contributed by atoms with E-state index < -0.39 is 0 Å². The van der Waals surface area contributed by atoms with E-state index in [4.69, 9.17) is 11.6 Å². The van der Waals surface area contributed by atoms with Gasteiger partial charge in [0.05, 0.1) is 6.67 Å². The van der Waals surface area contributed by atoms with E-state index in [1.807, 2.05) is 24.3 Å². The Bertz CT molecular complexity index is 857.